The highest BCUT2D eigenvalue weighted by Gasteiger charge is 2.39. The summed E-state index contributed by atoms with van der Waals surface area (Å²) >= 11 is 5.57. The van der Waals surface area contributed by atoms with Crippen LogP contribution in [-0.4, -0.2) is 23.8 Å². The molecule has 4 nitrogen and oxygen atoms in total. The van der Waals surface area contributed by atoms with Crippen LogP contribution in [0.5, 0.6) is 0 Å². The third-order valence-electron chi connectivity index (χ3n) is 4.22. The molecule has 2 atom stereocenters. The lowest BCUT2D eigenvalue weighted by molar-refractivity contribution is -0.113. The van der Waals surface area contributed by atoms with Gasteiger partial charge in [0.25, 0.3) is 0 Å². The summed E-state index contributed by atoms with van der Waals surface area (Å²) in [7, 11) is 0. The van der Waals surface area contributed by atoms with E-state index in [1.165, 1.54) is 11.1 Å². The zero-order chi connectivity index (χ0) is 15.8. The molecule has 0 spiro atoms. The van der Waals surface area contributed by atoms with Crippen molar-refractivity contribution in [1.82, 2.24) is 0 Å². The first-order chi connectivity index (χ1) is 11.3. The number of fused-ring (bicyclic) bond motifs is 3. The Hall–Kier alpha value is -2.33. The zero-order valence-corrected chi connectivity index (χ0v) is 13.1. The largest absolute Gasteiger partial charge is 0.471 e. The normalized spacial score (nSPS) is 21.2. The van der Waals surface area contributed by atoms with E-state index in [-0.39, 0.29) is 23.9 Å². The van der Waals surface area contributed by atoms with Gasteiger partial charge in [0.2, 0.25) is 11.8 Å². The number of anilines is 1. The summed E-state index contributed by atoms with van der Waals surface area (Å²) in [4.78, 5) is 16.3. The summed E-state index contributed by atoms with van der Waals surface area (Å²) < 4.78 is 6.08. The van der Waals surface area contributed by atoms with Crippen molar-refractivity contribution in [2.24, 2.45) is 4.99 Å². The van der Waals surface area contributed by atoms with Crippen molar-refractivity contribution in [3.05, 3.63) is 65.2 Å². The van der Waals surface area contributed by atoms with Crippen molar-refractivity contribution < 1.29 is 9.53 Å². The van der Waals surface area contributed by atoms with E-state index < -0.39 is 0 Å². The van der Waals surface area contributed by atoms with Crippen molar-refractivity contribution in [3.8, 4) is 0 Å². The molecule has 0 fully saturated rings. The Morgan fingerprint density at radius 2 is 2.00 bits per heavy atom. The molecule has 2 aromatic carbocycles. The second-order valence-electron chi connectivity index (χ2n) is 5.67. The van der Waals surface area contributed by atoms with E-state index in [2.05, 4.69) is 17.4 Å². The van der Waals surface area contributed by atoms with E-state index in [1.54, 1.807) is 0 Å². The van der Waals surface area contributed by atoms with Gasteiger partial charge in [-0.2, -0.15) is 0 Å². The number of alkyl halides is 1. The van der Waals surface area contributed by atoms with Gasteiger partial charge in [0.15, 0.2) is 0 Å². The van der Waals surface area contributed by atoms with Crippen molar-refractivity contribution in [2.75, 3.05) is 11.2 Å². The van der Waals surface area contributed by atoms with E-state index >= 15 is 0 Å². The lowest BCUT2D eigenvalue weighted by Crippen LogP contribution is -2.17. The molecule has 0 aromatic heterocycles. The Morgan fingerprint density at radius 3 is 2.87 bits per heavy atom. The molecular weight excluding hydrogens is 312 g/mol. The Labute approximate surface area is 139 Å². The Balaban J connectivity index is 1.67. The van der Waals surface area contributed by atoms with Crippen molar-refractivity contribution in [1.29, 1.82) is 0 Å². The maximum Gasteiger partial charge on any atom is 0.239 e. The number of nitrogens with zero attached hydrogens (tertiary/aromatic N) is 1. The molecule has 4 rings (SSSR count). The molecule has 0 unspecified atom stereocenters. The third kappa shape index (κ3) is 2.49. The van der Waals surface area contributed by atoms with Crippen LogP contribution in [0.2, 0.25) is 0 Å². The van der Waals surface area contributed by atoms with Crippen molar-refractivity contribution in [2.45, 2.75) is 18.6 Å². The molecular formula is C18H15ClN2O2. The van der Waals surface area contributed by atoms with Gasteiger partial charge in [-0.05, 0) is 23.3 Å². The molecule has 0 radical (unpaired) electrons. The minimum Gasteiger partial charge on any atom is -0.471 e. The second-order valence-corrected chi connectivity index (χ2v) is 5.93. The molecule has 0 saturated heterocycles. The van der Waals surface area contributed by atoms with E-state index in [0.29, 0.717) is 11.6 Å². The number of nitrogens with one attached hydrogen (secondary N) is 1. The van der Waals surface area contributed by atoms with Gasteiger partial charge >= 0.3 is 0 Å². The average molecular weight is 327 g/mol. The fourth-order valence-electron chi connectivity index (χ4n) is 3.19. The molecule has 1 heterocycles. The molecule has 116 valence electrons. The molecule has 1 N–H and O–H groups in total. The van der Waals surface area contributed by atoms with Gasteiger partial charge in [0.1, 0.15) is 18.0 Å². The Morgan fingerprint density at radius 1 is 1.22 bits per heavy atom. The topological polar surface area (TPSA) is 50.7 Å². The predicted molar refractivity (Wildman–Crippen MR) is 90.1 cm³/mol. The molecule has 23 heavy (non-hydrogen) atoms. The number of halogens is 1. The van der Waals surface area contributed by atoms with E-state index in [1.807, 2.05) is 36.4 Å². The van der Waals surface area contributed by atoms with Crippen LogP contribution in [0.4, 0.5) is 5.69 Å². The quantitative estimate of drug-likeness (QED) is 0.880. The maximum absolute atomic E-state index is 11.6. The fraction of sp³-hybridized carbons (Fsp3) is 0.222. The van der Waals surface area contributed by atoms with Gasteiger partial charge < -0.3 is 10.1 Å². The third-order valence-corrected chi connectivity index (χ3v) is 4.46. The van der Waals surface area contributed by atoms with E-state index in [0.717, 1.165) is 12.0 Å². The van der Waals surface area contributed by atoms with Gasteiger partial charge in [0.05, 0.1) is 11.3 Å². The fourth-order valence-corrected chi connectivity index (χ4v) is 3.26. The molecule has 0 saturated carbocycles. The van der Waals surface area contributed by atoms with Crippen molar-refractivity contribution in [3.63, 3.8) is 0 Å². The van der Waals surface area contributed by atoms with Crippen LogP contribution in [0.25, 0.3) is 0 Å². The lowest BCUT2D eigenvalue weighted by Gasteiger charge is -2.12. The smallest absolute Gasteiger partial charge is 0.239 e. The highest BCUT2D eigenvalue weighted by atomic mass is 35.5. The van der Waals surface area contributed by atoms with Crippen LogP contribution in [0, 0.1) is 0 Å². The summed E-state index contributed by atoms with van der Waals surface area (Å²) in [6.07, 6.45) is 0.906. The zero-order valence-electron chi connectivity index (χ0n) is 12.3. The highest BCUT2D eigenvalue weighted by Crippen LogP contribution is 2.41. The van der Waals surface area contributed by atoms with Crippen LogP contribution < -0.4 is 5.32 Å². The molecule has 2 aliphatic rings. The SMILES string of the molecule is O=C(CCl)Nc1ccccc1C1=N[C@@H]2c3ccccc3C[C@@H]2O1. The van der Waals surface area contributed by atoms with Gasteiger partial charge in [-0.25, -0.2) is 4.99 Å². The average Bonchev–Trinajstić information content (AvgIpc) is 3.13. The number of para-hydroxylation sites is 1. The summed E-state index contributed by atoms with van der Waals surface area (Å²) in [6, 6.07) is 15.8. The van der Waals surface area contributed by atoms with Gasteiger partial charge in [-0.1, -0.05) is 36.4 Å². The summed E-state index contributed by atoms with van der Waals surface area (Å²) in [5.74, 6) is 0.253. The van der Waals surface area contributed by atoms with E-state index in [4.69, 9.17) is 21.3 Å². The van der Waals surface area contributed by atoms with Gasteiger partial charge in [-0.3, -0.25) is 4.79 Å². The van der Waals surface area contributed by atoms with Crippen LogP contribution in [0.1, 0.15) is 22.7 Å². The number of ether oxygens (including phenoxy) is 1. The standard InChI is InChI=1S/C18H15ClN2O2/c19-10-16(22)20-14-8-4-3-7-13(14)18-21-17-12-6-2-1-5-11(12)9-15(17)23-18/h1-8,15,17H,9-10H2,(H,20,22)/t15-,17+/m0/s1. The van der Waals surface area contributed by atoms with Crippen LogP contribution in [0.15, 0.2) is 53.5 Å². The number of aliphatic imine (C=N–C) groups is 1. The monoisotopic (exact) mass is 326 g/mol. The van der Waals surface area contributed by atoms with Crippen LogP contribution in [-0.2, 0) is 16.0 Å². The number of benzene rings is 2. The van der Waals surface area contributed by atoms with Gasteiger partial charge in [0, 0.05) is 6.42 Å². The van der Waals surface area contributed by atoms with Crippen LogP contribution >= 0.6 is 11.6 Å². The number of hydrogen-bond acceptors (Lipinski definition) is 3. The first-order valence-electron chi connectivity index (χ1n) is 7.54. The number of carbonyl (C=O) groups excluding carboxylic acids is 1. The summed E-state index contributed by atoms with van der Waals surface area (Å²) in [5, 5.41) is 2.79. The Bertz CT molecular complexity index is 803. The number of rotatable bonds is 3. The first kappa shape index (κ1) is 14.3. The number of amides is 1. The van der Waals surface area contributed by atoms with Gasteiger partial charge in [-0.15, -0.1) is 11.6 Å². The van der Waals surface area contributed by atoms with Crippen LogP contribution in [0.3, 0.4) is 0 Å². The molecule has 0 bridgehead atoms. The summed E-state index contributed by atoms with van der Waals surface area (Å²) in [6.45, 7) is 0. The molecule has 2 aromatic rings. The molecule has 5 heteroatoms. The molecule has 1 aliphatic heterocycles. The minimum atomic E-state index is -0.247. The number of hydrogen-bond donors (Lipinski definition) is 1. The van der Waals surface area contributed by atoms with E-state index in [9.17, 15) is 4.79 Å². The lowest BCUT2D eigenvalue weighted by atomic mass is 10.1. The minimum absolute atomic E-state index is 0.0398. The molecule has 1 amide bonds. The second kappa shape index (κ2) is 5.70. The first-order valence-corrected chi connectivity index (χ1v) is 8.07. The number of carbonyl (C=O) groups is 1. The Kier molecular flexibility index (Phi) is 3.54. The molecule has 1 aliphatic carbocycles. The van der Waals surface area contributed by atoms with Crippen molar-refractivity contribution >= 4 is 29.1 Å². The maximum atomic E-state index is 11.6. The highest BCUT2D eigenvalue weighted by molar-refractivity contribution is 6.29. The summed E-state index contributed by atoms with van der Waals surface area (Å²) in [5.41, 5.74) is 3.99. The predicted octanol–water partition coefficient (Wildman–Crippen LogP) is 3.31.